The number of pyridine rings is 2. The minimum absolute atomic E-state index is 0.0650. The van der Waals surface area contributed by atoms with E-state index < -0.39 is 5.91 Å². The molecule has 9 heteroatoms. The van der Waals surface area contributed by atoms with Gasteiger partial charge in [-0.2, -0.15) is 10.1 Å². The number of ether oxygens (including phenoxy) is 2. The zero-order chi connectivity index (χ0) is 23.7. The topological polar surface area (TPSA) is 100 Å². The van der Waals surface area contributed by atoms with Gasteiger partial charge in [0.25, 0.3) is 11.5 Å². The lowest BCUT2D eigenvalue weighted by Gasteiger charge is -2.42. The van der Waals surface area contributed by atoms with E-state index in [0.29, 0.717) is 12.3 Å². The molecule has 7 rings (SSSR count). The number of carbonyl (C=O) groups is 1. The molecule has 3 aromatic rings. The largest absolute Gasteiger partial charge is 0.474 e. The lowest BCUT2D eigenvalue weighted by Crippen LogP contribution is -2.49. The lowest BCUT2D eigenvalue weighted by molar-refractivity contribution is 0.00381. The van der Waals surface area contributed by atoms with E-state index in [-0.39, 0.29) is 46.0 Å². The average Bonchev–Trinajstić information content (AvgIpc) is 3.33. The average molecular weight is 464 g/mol. The second-order valence-electron chi connectivity index (χ2n) is 10.3. The van der Waals surface area contributed by atoms with Gasteiger partial charge < -0.3 is 19.4 Å². The summed E-state index contributed by atoms with van der Waals surface area (Å²) in [7, 11) is 0. The van der Waals surface area contributed by atoms with Crippen molar-refractivity contribution >= 4 is 22.6 Å². The molecule has 4 fully saturated rings. The van der Waals surface area contributed by atoms with E-state index in [4.69, 9.17) is 14.6 Å². The maximum absolute atomic E-state index is 13.3. The molecule has 2 bridgehead atoms. The van der Waals surface area contributed by atoms with Gasteiger partial charge in [0.2, 0.25) is 5.88 Å². The van der Waals surface area contributed by atoms with Crippen molar-refractivity contribution in [1.82, 2.24) is 19.3 Å². The van der Waals surface area contributed by atoms with Gasteiger partial charge in [-0.1, -0.05) is 6.92 Å². The van der Waals surface area contributed by atoms with Crippen molar-refractivity contribution in [3.05, 3.63) is 46.5 Å². The van der Waals surface area contributed by atoms with Crippen LogP contribution in [-0.2, 0) is 10.3 Å². The highest BCUT2D eigenvalue weighted by Crippen LogP contribution is 2.55. The minimum atomic E-state index is -0.426. The van der Waals surface area contributed by atoms with E-state index >= 15 is 0 Å². The van der Waals surface area contributed by atoms with Crippen molar-refractivity contribution in [2.45, 2.75) is 76.2 Å². The van der Waals surface area contributed by atoms with Gasteiger partial charge in [-0.15, -0.1) is 0 Å². The van der Waals surface area contributed by atoms with E-state index in [1.54, 1.807) is 29.0 Å². The molecule has 1 N–H and O–H groups in total. The van der Waals surface area contributed by atoms with E-state index in [1.807, 2.05) is 24.7 Å². The number of hydrogen-bond donors (Lipinski definition) is 1. The van der Waals surface area contributed by atoms with Gasteiger partial charge in [0.05, 0.1) is 23.9 Å². The third-order valence-electron chi connectivity index (χ3n) is 7.34. The highest BCUT2D eigenvalue weighted by atomic mass is 16.5. The standard InChI is InChI=1S/C25H29N5O4/c1-4-15(2)34-22-18(21(31)26-19-6-5-9-29(23(19)32)17-7-8-17)10-16-11-30(28-20(16)27-22)25-12-24(3,13-25)33-14-25/h5-6,9-11,15,17H,4,7-8,12-14H2,1-3H3,(H,26,31)/t15-,24?,25?/m1/s1. The van der Waals surface area contributed by atoms with Crippen LogP contribution in [0.15, 0.2) is 35.4 Å². The molecule has 0 aromatic carbocycles. The maximum Gasteiger partial charge on any atom is 0.274 e. The second-order valence-corrected chi connectivity index (χ2v) is 10.3. The number of nitrogens with zero attached hydrogens (tertiary/aromatic N) is 4. The van der Waals surface area contributed by atoms with Crippen LogP contribution < -0.4 is 15.6 Å². The normalized spacial score (nSPS) is 26.3. The highest BCUT2D eigenvalue weighted by Gasteiger charge is 2.61. The van der Waals surface area contributed by atoms with Gasteiger partial charge in [0.1, 0.15) is 11.3 Å². The molecular weight excluding hydrogens is 434 g/mol. The van der Waals surface area contributed by atoms with Gasteiger partial charge in [-0.05, 0) is 51.3 Å². The Hall–Kier alpha value is -3.20. The number of hydrogen-bond acceptors (Lipinski definition) is 6. The Balaban J connectivity index is 1.36. The summed E-state index contributed by atoms with van der Waals surface area (Å²) in [5, 5.41) is 8.26. The fourth-order valence-corrected chi connectivity index (χ4v) is 5.23. The summed E-state index contributed by atoms with van der Waals surface area (Å²) in [6.45, 7) is 6.69. The van der Waals surface area contributed by atoms with E-state index in [2.05, 4.69) is 17.2 Å². The van der Waals surface area contributed by atoms with E-state index in [0.717, 1.165) is 37.5 Å². The van der Waals surface area contributed by atoms with Crippen molar-refractivity contribution in [2.75, 3.05) is 11.9 Å². The van der Waals surface area contributed by atoms with E-state index in [1.165, 1.54) is 0 Å². The minimum Gasteiger partial charge on any atom is -0.474 e. The third kappa shape index (κ3) is 3.41. The number of amides is 1. The van der Waals surface area contributed by atoms with Crippen LogP contribution in [0.2, 0.25) is 0 Å². The summed E-state index contributed by atoms with van der Waals surface area (Å²) in [6.07, 6.45) is 8.14. The molecule has 4 aliphatic rings. The Morgan fingerprint density at radius 2 is 2.18 bits per heavy atom. The Labute approximate surface area is 197 Å². The van der Waals surface area contributed by atoms with Crippen LogP contribution in [0.25, 0.3) is 11.0 Å². The number of aromatic nitrogens is 4. The first-order valence-electron chi connectivity index (χ1n) is 12.0. The molecule has 1 atom stereocenters. The van der Waals surface area contributed by atoms with Gasteiger partial charge in [-0.25, -0.2) is 0 Å². The molecule has 3 aromatic heterocycles. The Kier molecular flexibility index (Phi) is 4.64. The van der Waals surface area contributed by atoms with Crippen LogP contribution >= 0.6 is 0 Å². The molecule has 34 heavy (non-hydrogen) atoms. The molecular formula is C25H29N5O4. The Morgan fingerprint density at radius 3 is 2.85 bits per heavy atom. The van der Waals surface area contributed by atoms with Crippen molar-refractivity contribution in [3.63, 3.8) is 0 Å². The third-order valence-corrected chi connectivity index (χ3v) is 7.34. The summed E-state index contributed by atoms with van der Waals surface area (Å²) < 4.78 is 15.6. The van der Waals surface area contributed by atoms with Crippen LogP contribution in [0.3, 0.4) is 0 Å². The number of nitrogens with one attached hydrogen (secondary N) is 1. The van der Waals surface area contributed by atoms with Crippen LogP contribution in [0.4, 0.5) is 5.69 Å². The Morgan fingerprint density at radius 1 is 1.38 bits per heavy atom. The molecule has 2 saturated heterocycles. The zero-order valence-electron chi connectivity index (χ0n) is 19.7. The predicted molar refractivity (Wildman–Crippen MR) is 126 cm³/mol. The lowest BCUT2D eigenvalue weighted by atomic mass is 9.69. The van der Waals surface area contributed by atoms with Crippen molar-refractivity contribution in [3.8, 4) is 5.88 Å². The molecule has 0 unspecified atom stereocenters. The summed E-state index contributed by atoms with van der Waals surface area (Å²) in [5.41, 5.74) is 0.656. The van der Waals surface area contributed by atoms with Gasteiger partial charge >= 0.3 is 0 Å². The number of carbonyl (C=O) groups excluding carboxylic acids is 1. The molecule has 2 saturated carbocycles. The number of fused-ring (bicyclic) bond motifs is 2. The second kappa shape index (κ2) is 7.40. The summed E-state index contributed by atoms with van der Waals surface area (Å²) in [6, 6.07) is 5.40. The molecule has 0 spiro atoms. The molecule has 178 valence electrons. The van der Waals surface area contributed by atoms with E-state index in [9.17, 15) is 9.59 Å². The van der Waals surface area contributed by atoms with Crippen molar-refractivity contribution in [1.29, 1.82) is 0 Å². The van der Waals surface area contributed by atoms with Crippen molar-refractivity contribution in [2.24, 2.45) is 0 Å². The van der Waals surface area contributed by atoms with Crippen LogP contribution in [0.5, 0.6) is 5.88 Å². The number of anilines is 1. The quantitative estimate of drug-likeness (QED) is 0.574. The van der Waals surface area contributed by atoms with Crippen LogP contribution in [-0.4, -0.2) is 43.6 Å². The van der Waals surface area contributed by atoms with Gasteiger partial charge in [-0.3, -0.25) is 14.3 Å². The zero-order valence-corrected chi connectivity index (χ0v) is 19.7. The molecule has 2 aliphatic carbocycles. The smallest absolute Gasteiger partial charge is 0.274 e. The molecule has 0 radical (unpaired) electrons. The highest BCUT2D eigenvalue weighted by molar-refractivity contribution is 6.07. The monoisotopic (exact) mass is 463 g/mol. The number of rotatable bonds is 7. The summed E-state index contributed by atoms with van der Waals surface area (Å²) in [5.74, 6) is -0.202. The van der Waals surface area contributed by atoms with Crippen LogP contribution in [0.1, 0.15) is 69.3 Å². The molecule has 2 aliphatic heterocycles. The Bertz CT molecular complexity index is 1350. The summed E-state index contributed by atoms with van der Waals surface area (Å²) >= 11 is 0. The van der Waals surface area contributed by atoms with Gasteiger partial charge in [0.15, 0.2) is 5.65 Å². The fourth-order valence-electron chi connectivity index (χ4n) is 5.23. The van der Waals surface area contributed by atoms with Crippen LogP contribution in [0, 0.1) is 0 Å². The van der Waals surface area contributed by atoms with Gasteiger partial charge in [0, 0.05) is 36.7 Å². The fraction of sp³-hybridized carbons (Fsp3) is 0.520. The van der Waals surface area contributed by atoms with Crippen molar-refractivity contribution < 1.29 is 14.3 Å². The SMILES string of the molecule is CC[C@@H](C)Oc1nc2nn(C34COC(C)(C3)C4)cc2cc1C(=O)Nc1cccn(C2CC2)c1=O. The summed E-state index contributed by atoms with van der Waals surface area (Å²) in [4.78, 5) is 30.8. The first kappa shape index (κ1) is 21.3. The predicted octanol–water partition coefficient (Wildman–Crippen LogP) is 3.64. The maximum atomic E-state index is 13.3. The first-order valence-corrected chi connectivity index (χ1v) is 12.0. The first-order chi connectivity index (χ1) is 16.3. The molecule has 9 nitrogen and oxygen atoms in total. The molecule has 5 heterocycles. The molecule has 1 amide bonds.